The van der Waals surface area contributed by atoms with E-state index < -0.39 is 22.5 Å². The maximum absolute atomic E-state index is 12.9. The molecule has 25 heavy (non-hydrogen) atoms. The molecular formula is C15H19ClN4O4S. The molecule has 2 aromatic heterocycles. The van der Waals surface area contributed by atoms with E-state index >= 15 is 0 Å². The van der Waals surface area contributed by atoms with Crippen LogP contribution in [0.5, 0.6) is 0 Å². The lowest BCUT2D eigenvalue weighted by Crippen LogP contribution is -2.43. The van der Waals surface area contributed by atoms with E-state index in [1.165, 1.54) is 18.2 Å². The fraction of sp³-hybridized carbons (Fsp3) is 0.400. The molecule has 1 amide bonds. The fourth-order valence-corrected chi connectivity index (χ4v) is 3.37. The number of rotatable bonds is 7. The van der Waals surface area contributed by atoms with Crippen molar-refractivity contribution in [3.8, 4) is 0 Å². The number of aromatic nitrogens is 2. The van der Waals surface area contributed by atoms with Crippen LogP contribution < -0.4 is 9.62 Å². The average molecular weight is 387 g/mol. The standard InChI is InChI=1S/C15H19ClN4O4S/c1-4-10(2)18-15(21)9-20(14-7-11(3)24-19-14)25(22,23)12-5-6-13(16)17-8-12/h5-8,10H,4,9H2,1-3H3,(H,18,21). The SMILES string of the molecule is CCC(C)NC(=O)CN(c1cc(C)on1)S(=O)(=O)c1ccc(Cl)nc1. The first-order chi connectivity index (χ1) is 11.7. The van der Waals surface area contributed by atoms with Gasteiger partial charge in [-0.1, -0.05) is 23.7 Å². The van der Waals surface area contributed by atoms with Gasteiger partial charge in [-0.15, -0.1) is 0 Å². The van der Waals surface area contributed by atoms with Crippen LogP contribution in [0.3, 0.4) is 0 Å². The third kappa shape index (κ3) is 4.70. The summed E-state index contributed by atoms with van der Waals surface area (Å²) in [6, 6.07) is 4.04. The highest BCUT2D eigenvalue weighted by atomic mass is 35.5. The van der Waals surface area contributed by atoms with E-state index in [0.29, 0.717) is 5.76 Å². The van der Waals surface area contributed by atoms with E-state index in [-0.39, 0.29) is 21.9 Å². The van der Waals surface area contributed by atoms with Crippen LogP contribution in [-0.4, -0.2) is 37.1 Å². The maximum atomic E-state index is 12.9. The summed E-state index contributed by atoms with van der Waals surface area (Å²) in [6.07, 6.45) is 1.85. The summed E-state index contributed by atoms with van der Waals surface area (Å²) in [4.78, 5) is 15.9. The Hall–Kier alpha value is -2.13. The van der Waals surface area contributed by atoms with Crippen molar-refractivity contribution in [2.24, 2.45) is 0 Å². The quantitative estimate of drug-likeness (QED) is 0.731. The molecule has 0 aliphatic carbocycles. The van der Waals surface area contributed by atoms with Gasteiger partial charge in [0.1, 0.15) is 22.4 Å². The molecule has 2 rings (SSSR count). The molecule has 0 bridgehead atoms. The van der Waals surface area contributed by atoms with E-state index in [4.69, 9.17) is 16.1 Å². The van der Waals surface area contributed by atoms with Crippen LogP contribution in [-0.2, 0) is 14.8 Å². The summed E-state index contributed by atoms with van der Waals surface area (Å²) in [5, 5.41) is 6.62. The van der Waals surface area contributed by atoms with E-state index in [9.17, 15) is 13.2 Å². The van der Waals surface area contributed by atoms with Crippen molar-refractivity contribution in [1.82, 2.24) is 15.5 Å². The van der Waals surface area contributed by atoms with Crippen molar-refractivity contribution in [3.05, 3.63) is 35.3 Å². The Morgan fingerprint density at radius 1 is 1.44 bits per heavy atom. The van der Waals surface area contributed by atoms with Gasteiger partial charge in [-0.2, -0.15) is 0 Å². The lowest BCUT2D eigenvalue weighted by atomic mass is 10.2. The number of amides is 1. The van der Waals surface area contributed by atoms with Gasteiger partial charge in [-0.05, 0) is 32.4 Å². The first-order valence-corrected chi connectivity index (χ1v) is 9.42. The minimum absolute atomic E-state index is 0.0201. The second-order valence-electron chi connectivity index (χ2n) is 5.50. The van der Waals surface area contributed by atoms with E-state index in [2.05, 4.69) is 15.5 Å². The van der Waals surface area contributed by atoms with Gasteiger partial charge in [-0.3, -0.25) is 4.79 Å². The number of nitrogens with one attached hydrogen (secondary N) is 1. The number of hydrogen-bond donors (Lipinski definition) is 1. The summed E-state index contributed by atoms with van der Waals surface area (Å²) in [5.74, 6) is -0.000909. The highest BCUT2D eigenvalue weighted by molar-refractivity contribution is 7.92. The van der Waals surface area contributed by atoms with Crippen molar-refractivity contribution in [2.75, 3.05) is 10.8 Å². The van der Waals surface area contributed by atoms with E-state index in [0.717, 1.165) is 16.9 Å². The first kappa shape index (κ1) is 19.2. The number of hydrogen-bond acceptors (Lipinski definition) is 6. The molecule has 136 valence electrons. The lowest BCUT2D eigenvalue weighted by molar-refractivity contribution is -0.120. The summed E-state index contributed by atoms with van der Waals surface area (Å²) in [5.41, 5.74) is 0. The summed E-state index contributed by atoms with van der Waals surface area (Å²) >= 11 is 5.71. The highest BCUT2D eigenvalue weighted by Crippen LogP contribution is 2.23. The van der Waals surface area contributed by atoms with Gasteiger partial charge in [0.25, 0.3) is 10.0 Å². The molecule has 0 aromatic carbocycles. The molecule has 1 atom stereocenters. The van der Waals surface area contributed by atoms with Gasteiger partial charge >= 0.3 is 0 Å². The van der Waals surface area contributed by atoms with Crippen LogP contribution in [0.15, 0.2) is 33.8 Å². The van der Waals surface area contributed by atoms with Crippen LogP contribution in [0.2, 0.25) is 5.15 Å². The summed E-state index contributed by atoms with van der Waals surface area (Å²) in [6.45, 7) is 4.95. The molecule has 0 saturated carbocycles. The molecule has 0 saturated heterocycles. The largest absolute Gasteiger partial charge is 0.360 e. The van der Waals surface area contributed by atoms with Crippen LogP contribution in [0.4, 0.5) is 5.82 Å². The van der Waals surface area contributed by atoms with Gasteiger partial charge in [0.2, 0.25) is 5.91 Å². The van der Waals surface area contributed by atoms with Crippen molar-refractivity contribution in [2.45, 2.75) is 38.1 Å². The normalized spacial score (nSPS) is 12.6. The predicted octanol–water partition coefficient (Wildman–Crippen LogP) is 2.14. The van der Waals surface area contributed by atoms with Crippen molar-refractivity contribution < 1.29 is 17.7 Å². The predicted molar refractivity (Wildman–Crippen MR) is 92.9 cm³/mol. The molecule has 2 heterocycles. The molecule has 0 radical (unpaired) electrons. The number of pyridine rings is 1. The van der Waals surface area contributed by atoms with Gasteiger partial charge in [0.05, 0.1) is 0 Å². The zero-order valence-electron chi connectivity index (χ0n) is 14.1. The fourth-order valence-electron chi connectivity index (χ4n) is 1.95. The highest BCUT2D eigenvalue weighted by Gasteiger charge is 2.30. The minimum atomic E-state index is -4.07. The number of carbonyl (C=O) groups excluding carboxylic acids is 1. The third-order valence-electron chi connectivity index (χ3n) is 3.47. The Kier molecular flexibility index (Phi) is 6.02. The Bertz CT molecular complexity index is 835. The molecule has 0 aliphatic heterocycles. The number of halogens is 1. The Balaban J connectivity index is 2.37. The van der Waals surface area contributed by atoms with Crippen LogP contribution in [0.1, 0.15) is 26.0 Å². The summed E-state index contributed by atoms with van der Waals surface area (Å²) < 4.78 is 31.7. The third-order valence-corrected chi connectivity index (χ3v) is 5.42. The van der Waals surface area contributed by atoms with Gasteiger partial charge in [-0.25, -0.2) is 17.7 Å². The van der Waals surface area contributed by atoms with Crippen molar-refractivity contribution in [1.29, 1.82) is 0 Å². The van der Waals surface area contributed by atoms with Gasteiger partial charge in [0.15, 0.2) is 5.82 Å². The smallest absolute Gasteiger partial charge is 0.267 e. The minimum Gasteiger partial charge on any atom is -0.360 e. The zero-order chi connectivity index (χ0) is 18.6. The molecular weight excluding hydrogens is 368 g/mol. The van der Waals surface area contributed by atoms with Gasteiger partial charge in [0, 0.05) is 18.3 Å². The number of aryl methyl sites for hydroxylation is 1. The number of carbonyl (C=O) groups is 1. The Labute approximate surface area is 151 Å². The maximum Gasteiger partial charge on any atom is 0.267 e. The molecule has 0 fully saturated rings. The molecule has 0 aliphatic rings. The zero-order valence-corrected chi connectivity index (χ0v) is 15.6. The monoisotopic (exact) mass is 386 g/mol. The van der Waals surface area contributed by atoms with Crippen molar-refractivity contribution in [3.63, 3.8) is 0 Å². The first-order valence-electron chi connectivity index (χ1n) is 7.61. The van der Waals surface area contributed by atoms with Crippen molar-refractivity contribution >= 4 is 33.3 Å². The molecule has 1 N–H and O–H groups in total. The second-order valence-corrected chi connectivity index (χ2v) is 7.75. The molecule has 0 spiro atoms. The Morgan fingerprint density at radius 3 is 2.68 bits per heavy atom. The van der Waals surface area contributed by atoms with Crippen LogP contribution in [0.25, 0.3) is 0 Å². The molecule has 8 nitrogen and oxygen atoms in total. The molecule has 1 unspecified atom stereocenters. The van der Waals surface area contributed by atoms with Gasteiger partial charge < -0.3 is 9.84 Å². The van der Waals surface area contributed by atoms with E-state index in [1.807, 2.05) is 13.8 Å². The number of nitrogens with zero attached hydrogens (tertiary/aromatic N) is 3. The average Bonchev–Trinajstić information content (AvgIpc) is 2.98. The second kappa shape index (κ2) is 7.83. The lowest BCUT2D eigenvalue weighted by Gasteiger charge is -2.22. The van der Waals surface area contributed by atoms with Crippen LogP contribution >= 0.6 is 11.6 Å². The Morgan fingerprint density at radius 2 is 2.16 bits per heavy atom. The molecule has 10 heteroatoms. The van der Waals surface area contributed by atoms with Crippen LogP contribution in [0, 0.1) is 6.92 Å². The number of sulfonamides is 1. The van der Waals surface area contributed by atoms with E-state index in [1.54, 1.807) is 6.92 Å². The molecule has 2 aromatic rings. The number of anilines is 1. The topological polar surface area (TPSA) is 105 Å². The summed E-state index contributed by atoms with van der Waals surface area (Å²) in [7, 11) is -4.07.